The Balaban J connectivity index is 1.88. The third kappa shape index (κ3) is 3.05. The van der Waals surface area contributed by atoms with Crippen molar-refractivity contribution in [3.63, 3.8) is 0 Å². The summed E-state index contributed by atoms with van der Waals surface area (Å²) in [4.78, 5) is 0. The molecule has 1 heterocycles. The van der Waals surface area contributed by atoms with E-state index < -0.39 is 0 Å². The smallest absolute Gasteiger partial charge is 0.0800 e. The highest BCUT2D eigenvalue weighted by molar-refractivity contribution is 5.16. The Bertz CT molecular complexity index is 280. The Morgan fingerprint density at radius 2 is 1.87 bits per heavy atom. The Morgan fingerprint density at radius 3 is 2.53 bits per heavy atom. The van der Waals surface area contributed by atoms with Crippen LogP contribution in [0.25, 0.3) is 0 Å². The molecular formula is C13H19NO. The normalized spacial score (nSPS) is 20.1. The second-order valence-electron chi connectivity index (χ2n) is 4.14. The zero-order valence-corrected chi connectivity index (χ0v) is 9.28. The summed E-state index contributed by atoms with van der Waals surface area (Å²) >= 11 is 0. The van der Waals surface area contributed by atoms with Crippen LogP contribution in [0.5, 0.6) is 0 Å². The van der Waals surface area contributed by atoms with Gasteiger partial charge in [0.25, 0.3) is 0 Å². The van der Waals surface area contributed by atoms with Gasteiger partial charge >= 0.3 is 0 Å². The van der Waals surface area contributed by atoms with E-state index in [1.54, 1.807) is 0 Å². The summed E-state index contributed by atoms with van der Waals surface area (Å²) in [6.07, 6.45) is 2.92. The van der Waals surface area contributed by atoms with Crippen LogP contribution in [0.1, 0.15) is 31.4 Å². The third-order valence-corrected chi connectivity index (χ3v) is 2.95. The molecule has 0 bridgehead atoms. The van der Waals surface area contributed by atoms with Crippen molar-refractivity contribution in [1.82, 2.24) is 5.32 Å². The maximum Gasteiger partial charge on any atom is 0.0800 e. The lowest BCUT2D eigenvalue weighted by Crippen LogP contribution is -2.32. The lowest BCUT2D eigenvalue weighted by molar-refractivity contribution is -0.0186. The standard InChI is InChI=1S/C13H19NO/c1-11(12-5-3-2-4-6-12)15-13-7-9-14-10-8-13/h2-6,11,13-14H,7-10H2,1H3. The first-order valence-electron chi connectivity index (χ1n) is 5.77. The van der Waals surface area contributed by atoms with E-state index in [2.05, 4.69) is 36.5 Å². The van der Waals surface area contributed by atoms with Gasteiger partial charge in [0.15, 0.2) is 0 Å². The monoisotopic (exact) mass is 205 g/mol. The Labute approximate surface area is 91.6 Å². The zero-order valence-electron chi connectivity index (χ0n) is 9.28. The number of piperidine rings is 1. The molecule has 0 aromatic heterocycles. The van der Waals surface area contributed by atoms with Gasteiger partial charge in [-0.15, -0.1) is 0 Å². The first kappa shape index (κ1) is 10.7. The molecule has 1 N–H and O–H groups in total. The van der Waals surface area contributed by atoms with Gasteiger partial charge in [-0.1, -0.05) is 30.3 Å². The SMILES string of the molecule is CC(OC1CCNCC1)c1ccccc1. The van der Waals surface area contributed by atoms with Crippen LogP contribution < -0.4 is 5.32 Å². The molecule has 0 amide bonds. The van der Waals surface area contributed by atoms with Gasteiger partial charge in [-0.25, -0.2) is 0 Å². The number of hydrogen-bond acceptors (Lipinski definition) is 2. The summed E-state index contributed by atoms with van der Waals surface area (Å²) in [6, 6.07) is 10.4. The van der Waals surface area contributed by atoms with Crippen molar-refractivity contribution in [2.75, 3.05) is 13.1 Å². The number of hydrogen-bond donors (Lipinski definition) is 1. The molecule has 2 heteroatoms. The molecule has 2 nitrogen and oxygen atoms in total. The molecule has 0 aliphatic carbocycles. The van der Waals surface area contributed by atoms with E-state index in [9.17, 15) is 0 Å². The summed E-state index contributed by atoms with van der Waals surface area (Å²) < 4.78 is 6.04. The fraction of sp³-hybridized carbons (Fsp3) is 0.538. The van der Waals surface area contributed by atoms with Crippen molar-refractivity contribution in [1.29, 1.82) is 0 Å². The quantitative estimate of drug-likeness (QED) is 0.818. The van der Waals surface area contributed by atoms with E-state index in [0.717, 1.165) is 25.9 Å². The fourth-order valence-electron chi connectivity index (χ4n) is 2.02. The average molecular weight is 205 g/mol. The van der Waals surface area contributed by atoms with E-state index >= 15 is 0 Å². The number of nitrogens with one attached hydrogen (secondary N) is 1. The predicted molar refractivity (Wildman–Crippen MR) is 61.8 cm³/mol. The van der Waals surface area contributed by atoms with E-state index in [-0.39, 0.29) is 6.10 Å². The van der Waals surface area contributed by atoms with Gasteiger partial charge in [-0.2, -0.15) is 0 Å². The molecule has 0 saturated carbocycles. The highest BCUT2D eigenvalue weighted by Gasteiger charge is 2.16. The molecule has 1 aromatic carbocycles. The van der Waals surface area contributed by atoms with E-state index in [0.29, 0.717) is 6.10 Å². The van der Waals surface area contributed by atoms with E-state index in [1.165, 1.54) is 5.56 Å². The van der Waals surface area contributed by atoms with Gasteiger partial charge in [0, 0.05) is 0 Å². The Hall–Kier alpha value is -0.860. The summed E-state index contributed by atoms with van der Waals surface area (Å²) in [5.41, 5.74) is 1.27. The van der Waals surface area contributed by atoms with Crippen LogP contribution in [0, 0.1) is 0 Å². The lowest BCUT2D eigenvalue weighted by atomic mass is 10.1. The highest BCUT2D eigenvalue weighted by Crippen LogP contribution is 2.21. The Kier molecular flexibility index (Phi) is 3.75. The molecule has 0 radical (unpaired) electrons. The van der Waals surface area contributed by atoms with Crippen molar-refractivity contribution < 1.29 is 4.74 Å². The molecular weight excluding hydrogens is 186 g/mol. The second kappa shape index (κ2) is 5.29. The van der Waals surface area contributed by atoms with E-state index in [4.69, 9.17) is 4.74 Å². The van der Waals surface area contributed by atoms with Crippen LogP contribution in [0.2, 0.25) is 0 Å². The number of benzene rings is 1. The van der Waals surface area contributed by atoms with Crippen LogP contribution in [0.15, 0.2) is 30.3 Å². The second-order valence-corrected chi connectivity index (χ2v) is 4.14. The molecule has 1 saturated heterocycles. The van der Waals surface area contributed by atoms with Crippen LogP contribution in [-0.4, -0.2) is 19.2 Å². The van der Waals surface area contributed by atoms with Crippen molar-refractivity contribution >= 4 is 0 Å². The molecule has 1 aliphatic rings. The van der Waals surface area contributed by atoms with E-state index in [1.807, 2.05) is 6.07 Å². The topological polar surface area (TPSA) is 21.3 Å². The molecule has 1 aliphatic heterocycles. The minimum absolute atomic E-state index is 0.217. The molecule has 82 valence electrons. The molecule has 1 atom stereocenters. The van der Waals surface area contributed by atoms with Gasteiger partial charge in [-0.3, -0.25) is 0 Å². The van der Waals surface area contributed by atoms with Gasteiger partial charge < -0.3 is 10.1 Å². The molecule has 1 fully saturated rings. The minimum Gasteiger partial charge on any atom is -0.370 e. The van der Waals surface area contributed by atoms with Gasteiger partial charge in [0.2, 0.25) is 0 Å². The number of ether oxygens (including phenoxy) is 1. The molecule has 1 aromatic rings. The highest BCUT2D eigenvalue weighted by atomic mass is 16.5. The minimum atomic E-state index is 0.217. The first-order valence-corrected chi connectivity index (χ1v) is 5.77. The van der Waals surface area contributed by atoms with Crippen LogP contribution in [-0.2, 0) is 4.74 Å². The Morgan fingerprint density at radius 1 is 1.20 bits per heavy atom. The van der Waals surface area contributed by atoms with Crippen molar-refractivity contribution in [2.24, 2.45) is 0 Å². The zero-order chi connectivity index (χ0) is 10.5. The fourth-order valence-corrected chi connectivity index (χ4v) is 2.02. The maximum atomic E-state index is 6.04. The van der Waals surface area contributed by atoms with Crippen LogP contribution >= 0.6 is 0 Å². The van der Waals surface area contributed by atoms with Crippen LogP contribution in [0.3, 0.4) is 0 Å². The summed E-state index contributed by atoms with van der Waals surface area (Å²) in [6.45, 7) is 4.32. The largest absolute Gasteiger partial charge is 0.370 e. The summed E-state index contributed by atoms with van der Waals surface area (Å²) in [5, 5.41) is 3.35. The maximum absolute atomic E-state index is 6.04. The average Bonchev–Trinajstić information content (AvgIpc) is 2.31. The summed E-state index contributed by atoms with van der Waals surface area (Å²) in [5.74, 6) is 0. The lowest BCUT2D eigenvalue weighted by Gasteiger charge is -2.26. The molecule has 0 spiro atoms. The predicted octanol–water partition coefficient (Wildman–Crippen LogP) is 2.52. The third-order valence-electron chi connectivity index (χ3n) is 2.95. The molecule has 15 heavy (non-hydrogen) atoms. The van der Waals surface area contributed by atoms with Gasteiger partial charge in [0.05, 0.1) is 12.2 Å². The first-order chi connectivity index (χ1) is 7.36. The molecule has 1 unspecified atom stereocenters. The van der Waals surface area contributed by atoms with Gasteiger partial charge in [-0.05, 0) is 38.4 Å². The van der Waals surface area contributed by atoms with Crippen molar-refractivity contribution in [2.45, 2.75) is 32.0 Å². The van der Waals surface area contributed by atoms with Gasteiger partial charge in [0.1, 0.15) is 0 Å². The van der Waals surface area contributed by atoms with Crippen LogP contribution in [0.4, 0.5) is 0 Å². The summed E-state index contributed by atoms with van der Waals surface area (Å²) in [7, 11) is 0. The van der Waals surface area contributed by atoms with Crippen molar-refractivity contribution in [3.05, 3.63) is 35.9 Å². The molecule has 2 rings (SSSR count). The van der Waals surface area contributed by atoms with Crippen molar-refractivity contribution in [3.8, 4) is 0 Å². The number of rotatable bonds is 3.